The predicted octanol–water partition coefficient (Wildman–Crippen LogP) is 6.49. The minimum absolute atomic E-state index is 0.730. The van der Waals surface area contributed by atoms with Crippen LogP contribution >= 0.6 is 11.3 Å². The molecule has 0 saturated heterocycles. The van der Waals surface area contributed by atoms with E-state index in [0.717, 1.165) is 44.7 Å². The van der Waals surface area contributed by atoms with Gasteiger partial charge in [0.25, 0.3) is 0 Å². The summed E-state index contributed by atoms with van der Waals surface area (Å²) in [6.45, 7) is 0. The third-order valence-corrected chi connectivity index (χ3v) is 4.90. The fraction of sp³-hybridized carbons (Fsp3) is 0. The molecular formula is C22H15N3O2S. The molecule has 0 fully saturated rings. The Morgan fingerprint density at radius 3 is 2.71 bits per heavy atom. The average molecular weight is 385 g/mol. The molecule has 0 unspecified atom stereocenters. The van der Waals surface area contributed by atoms with Gasteiger partial charge in [-0.25, -0.2) is 4.98 Å². The fourth-order valence-corrected chi connectivity index (χ4v) is 3.56. The smallest absolute Gasteiger partial charge is 0.187 e. The van der Waals surface area contributed by atoms with Crippen molar-refractivity contribution in [1.82, 2.24) is 9.97 Å². The van der Waals surface area contributed by atoms with Crippen molar-refractivity contribution >= 4 is 33.1 Å². The van der Waals surface area contributed by atoms with Gasteiger partial charge in [0, 0.05) is 34.9 Å². The molecule has 136 valence electrons. The molecule has 0 amide bonds. The average Bonchev–Trinajstić information content (AvgIpc) is 3.36. The third kappa shape index (κ3) is 3.45. The van der Waals surface area contributed by atoms with Gasteiger partial charge in [-0.2, -0.15) is 0 Å². The molecule has 5 nitrogen and oxygen atoms in total. The molecule has 0 aliphatic carbocycles. The van der Waals surface area contributed by atoms with Gasteiger partial charge >= 0.3 is 0 Å². The Bertz CT molecular complexity index is 1200. The molecular weight excluding hydrogens is 370 g/mol. The molecule has 5 rings (SSSR count). The van der Waals surface area contributed by atoms with E-state index in [2.05, 4.69) is 15.3 Å². The number of fused-ring (bicyclic) bond motifs is 1. The zero-order valence-corrected chi connectivity index (χ0v) is 15.5. The minimum atomic E-state index is 0.730. The van der Waals surface area contributed by atoms with Crippen LogP contribution in [0.25, 0.3) is 22.4 Å². The molecule has 0 bridgehead atoms. The summed E-state index contributed by atoms with van der Waals surface area (Å²) in [6, 6.07) is 21.3. The first kappa shape index (κ1) is 16.5. The first-order chi connectivity index (χ1) is 13.8. The Kier molecular flexibility index (Phi) is 4.23. The molecule has 3 aromatic heterocycles. The van der Waals surface area contributed by atoms with E-state index in [1.54, 1.807) is 12.4 Å². The molecule has 5 aromatic rings. The number of thiazole rings is 1. The number of anilines is 2. The number of pyridine rings is 1. The molecule has 0 atom stereocenters. The Morgan fingerprint density at radius 1 is 0.929 bits per heavy atom. The van der Waals surface area contributed by atoms with Crippen LogP contribution in [0.5, 0.6) is 11.5 Å². The van der Waals surface area contributed by atoms with Crippen LogP contribution in [0, 0.1) is 0 Å². The fourth-order valence-electron chi connectivity index (χ4n) is 2.84. The van der Waals surface area contributed by atoms with Crippen LogP contribution in [0.3, 0.4) is 0 Å². The van der Waals surface area contributed by atoms with E-state index in [4.69, 9.17) is 9.15 Å². The summed E-state index contributed by atoms with van der Waals surface area (Å²) in [5, 5.41) is 7.04. The normalized spacial score (nSPS) is 10.9. The largest absolute Gasteiger partial charge is 0.457 e. The SMILES string of the molecule is c1ccc(Oc2cccc(Nc3nc(-c4cc5cnccc5o4)cs3)c2)cc1. The summed E-state index contributed by atoms with van der Waals surface area (Å²) in [6.07, 6.45) is 3.50. The van der Waals surface area contributed by atoms with E-state index in [9.17, 15) is 0 Å². The predicted molar refractivity (Wildman–Crippen MR) is 111 cm³/mol. The number of para-hydroxylation sites is 1. The lowest BCUT2D eigenvalue weighted by Gasteiger charge is -2.08. The Hall–Kier alpha value is -3.64. The van der Waals surface area contributed by atoms with Gasteiger partial charge in [-0.3, -0.25) is 4.98 Å². The number of aromatic nitrogens is 2. The van der Waals surface area contributed by atoms with Crippen LogP contribution in [0.2, 0.25) is 0 Å². The Morgan fingerprint density at radius 2 is 1.82 bits per heavy atom. The van der Waals surface area contributed by atoms with E-state index in [1.807, 2.05) is 72.1 Å². The number of nitrogens with one attached hydrogen (secondary N) is 1. The molecule has 6 heteroatoms. The summed E-state index contributed by atoms with van der Waals surface area (Å²) in [5.41, 5.74) is 2.50. The number of rotatable bonds is 5. The zero-order valence-electron chi connectivity index (χ0n) is 14.7. The molecule has 2 aromatic carbocycles. The molecule has 1 N–H and O–H groups in total. The number of nitrogens with zero attached hydrogens (tertiary/aromatic N) is 2. The van der Waals surface area contributed by atoms with Crippen LogP contribution in [-0.4, -0.2) is 9.97 Å². The second-order valence-electron chi connectivity index (χ2n) is 6.13. The highest BCUT2D eigenvalue weighted by Gasteiger charge is 2.11. The number of benzene rings is 2. The molecule has 28 heavy (non-hydrogen) atoms. The van der Waals surface area contributed by atoms with Crippen LogP contribution in [0.1, 0.15) is 0 Å². The van der Waals surface area contributed by atoms with Crippen LogP contribution < -0.4 is 10.1 Å². The molecule has 3 heterocycles. The highest BCUT2D eigenvalue weighted by Crippen LogP contribution is 2.32. The Balaban J connectivity index is 1.35. The van der Waals surface area contributed by atoms with Crippen molar-refractivity contribution in [2.24, 2.45) is 0 Å². The van der Waals surface area contributed by atoms with Gasteiger partial charge in [0.2, 0.25) is 0 Å². The third-order valence-electron chi connectivity index (χ3n) is 4.14. The minimum Gasteiger partial charge on any atom is -0.457 e. The molecule has 0 aliphatic heterocycles. The molecule has 0 spiro atoms. The topological polar surface area (TPSA) is 60.2 Å². The molecule has 0 saturated carbocycles. The maximum atomic E-state index is 5.89. The molecule has 0 aliphatic rings. The highest BCUT2D eigenvalue weighted by molar-refractivity contribution is 7.14. The van der Waals surface area contributed by atoms with E-state index >= 15 is 0 Å². The van der Waals surface area contributed by atoms with Crippen molar-refractivity contribution in [2.45, 2.75) is 0 Å². The molecule has 0 radical (unpaired) electrons. The lowest BCUT2D eigenvalue weighted by molar-refractivity contribution is 0.483. The van der Waals surface area contributed by atoms with Crippen molar-refractivity contribution in [2.75, 3.05) is 5.32 Å². The quantitative estimate of drug-likeness (QED) is 0.375. The van der Waals surface area contributed by atoms with Crippen LogP contribution in [0.4, 0.5) is 10.8 Å². The van der Waals surface area contributed by atoms with E-state index in [0.29, 0.717) is 0 Å². The maximum Gasteiger partial charge on any atom is 0.187 e. The van der Waals surface area contributed by atoms with Crippen LogP contribution in [0.15, 0.2) is 88.9 Å². The monoisotopic (exact) mass is 385 g/mol. The standard InChI is InChI=1S/C22H15N3O2S/c1-2-6-17(7-3-1)26-18-8-4-5-16(12-18)24-22-25-19(14-28-22)21-11-15-13-23-10-9-20(15)27-21/h1-14H,(H,24,25). The summed E-state index contributed by atoms with van der Waals surface area (Å²) >= 11 is 1.52. The van der Waals surface area contributed by atoms with Crippen molar-refractivity contribution < 1.29 is 9.15 Å². The second kappa shape index (κ2) is 7.17. The first-order valence-corrected chi connectivity index (χ1v) is 9.61. The van der Waals surface area contributed by atoms with Gasteiger partial charge < -0.3 is 14.5 Å². The Labute approximate surface area is 165 Å². The maximum absolute atomic E-state index is 5.89. The highest BCUT2D eigenvalue weighted by atomic mass is 32.1. The number of ether oxygens (including phenoxy) is 1. The van der Waals surface area contributed by atoms with Gasteiger partial charge in [0.15, 0.2) is 10.9 Å². The first-order valence-electron chi connectivity index (χ1n) is 8.73. The lowest BCUT2D eigenvalue weighted by atomic mass is 10.3. The number of furan rings is 1. The number of hydrogen-bond donors (Lipinski definition) is 1. The van der Waals surface area contributed by atoms with E-state index in [1.165, 1.54) is 11.3 Å². The summed E-state index contributed by atoms with van der Waals surface area (Å²) < 4.78 is 11.7. The van der Waals surface area contributed by atoms with Crippen molar-refractivity contribution in [3.05, 3.63) is 84.5 Å². The van der Waals surface area contributed by atoms with E-state index in [-0.39, 0.29) is 0 Å². The zero-order chi connectivity index (χ0) is 18.8. The van der Waals surface area contributed by atoms with Crippen molar-refractivity contribution in [3.63, 3.8) is 0 Å². The van der Waals surface area contributed by atoms with Gasteiger partial charge in [-0.15, -0.1) is 11.3 Å². The summed E-state index contributed by atoms with van der Waals surface area (Å²) in [4.78, 5) is 8.75. The van der Waals surface area contributed by atoms with Gasteiger partial charge in [0.05, 0.1) is 0 Å². The van der Waals surface area contributed by atoms with Crippen LogP contribution in [-0.2, 0) is 0 Å². The van der Waals surface area contributed by atoms with Crippen molar-refractivity contribution in [3.8, 4) is 23.0 Å². The summed E-state index contributed by atoms with van der Waals surface area (Å²) in [7, 11) is 0. The van der Waals surface area contributed by atoms with Gasteiger partial charge in [-0.1, -0.05) is 24.3 Å². The van der Waals surface area contributed by atoms with Gasteiger partial charge in [-0.05, 0) is 36.4 Å². The lowest BCUT2D eigenvalue weighted by Crippen LogP contribution is -1.90. The second-order valence-corrected chi connectivity index (χ2v) is 6.99. The van der Waals surface area contributed by atoms with E-state index < -0.39 is 0 Å². The van der Waals surface area contributed by atoms with Gasteiger partial charge in [0.1, 0.15) is 22.8 Å². The summed E-state index contributed by atoms with van der Waals surface area (Å²) in [5.74, 6) is 2.29. The van der Waals surface area contributed by atoms with Crippen molar-refractivity contribution in [1.29, 1.82) is 0 Å². The number of hydrogen-bond acceptors (Lipinski definition) is 6.